The summed E-state index contributed by atoms with van der Waals surface area (Å²) in [7, 11) is 0. The Morgan fingerprint density at radius 2 is 1.65 bits per heavy atom. The van der Waals surface area contributed by atoms with Gasteiger partial charge in [0.1, 0.15) is 6.54 Å². The number of hydrogen-bond donors (Lipinski definition) is 1. The number of nitrogens with zero attached hydrogens (tertiary/aromatic N) is 1. The first-order valence-corrected chi connectivity index (χ1v) is 9.06. The van der Waals surface area contributed by atoms with E-state index in [2.05, 4.69) is 5.32 Å². The molecule has 0 unspecified atom stereocenters. The standard InChI is InChI=1S/C20H18N2O3S/c23-18(21-12-11-15-7-3-1-4-8-15)14-22-19(24)17(26-20(22)25)13-16-9-5-2-6-10-16/h1-10,13H,11-12,14H2,(H,21,23)/b17-13-. The number of benzene rings is 2. The lowest BCUT2D eigenvalue weighted by Crippen LogP contribution is -2.40. The van der Waals surface area contributed by atoms with Crippen LogP contribution in [0, 0.1) is 0 Å². The second-order valence-corrected chi connectivity index (χ2v) is 6.76. The molecule has 0 aliphatic carbocycles. The molecule has 0 saturated carbocycles. The van der Waals surface area contributed by atoms with Crippen LogP contribution in [0.2, 0.25) is 0 Å². The molecule has 0 radical (unpaired) electrons. The van der Waals surface area contributed by atoms with Gasteiger partial charge in [-0.1, -0.05) is 60.7 Å². The van der Waals surface area contributed by atoms with Gasteiger partial charge < -0.3 is 5.32 Å². The molecule has 0 bridgehead atoms. The molecule has 1 aliphatic heterocycles. The fourth-order valence-corrected chi connectivity index (χ4v) is 3.37. The molecule has 1 aliphatic rings. The summed E-state index contributed by atoms with van der Waals surface area (Å²) < 4.78 is 0. The predicted molar refractivity (Wildman–Crippen MR) is 102 cm³/mol. The molecule has 132 valence electrons. The molecule has 2 aromatic rings. The van der Waals surface area contributed by atoms with Crippen LogP contribution in [0.15, 0.2) is 65.6 Å². The summed E-state index contributed by atoms with van der Waals surface area (Å²) >= 11 is 0.858. The van der Waals surface area contributed by atoms with Gasteiger partial charge in [-0.25, -0.2) is 0 Å². The molecule has 0 atom stereocenters. The Bertz CT molecular complexity index is 835. The van der Waals surface area contributed by atoms with Crippen LogP contribution in [0.3, 0.4) is 0 Å². The topological polar surface area (TPSA) is 66.5 Å². The summed E-state index contributed by atoms with van der Waals surface area (Å²) in [4.78, 5) is 37.8. The summed E-state index contributed by atoms with van der Waals surface area (Å²) in [6.45, 7) is 0.199. The molecule has 2 aromatic carbocycles. The van der Waals surface area contributed by atoms with E-state index in [0.717, 1.165) is 27.8 Å². The molecular weight excluding hydrogens is 348 g/mol. The zero-order chi connectivity index (χ0) is 18.4. The van der Waals surface area contributed by atoms with Crippen LogP contribution in [0.25, 0.3) is 6.08 Å². The Balaban J connectivity index is 1.54. The van der Waals surface area contributed by atoms with E-state index in [-0.39, 0.29) is 12.5 Å². The lowest BCUT2D eigenvalue weighted by molar-refractivity contribution is -0.129. The minimum absolute atomic E-state index is 0.258. The number of thioether (sulfide) groups is 1. The first-order valence-electron chi connectivity index (χ1n) is 8.24. The van der Waals surface area contributed by atoms with Gasteiger partial charge in [-0.05, 0) is 35.4 Å². The van der Waals surface area contributed by atoms with E-state index in [1.54, 1.807) is 6.08 Å². The van der Waals surface area contributed by atoms with Gasteiger partial charge in [0.2, 0.25) is 5.91 Å². The Morgan fingerprint density at radius 1 is 1.00 bits per heavy atom. The average Bonchev–Trinajstić information content (AvgIpc) is 2.91. The van der Waals surface area contributed by atoms with Gasteiger partial charge >= 0.3 is 0 Å². The van der Waals surface area contributed by atoms with Crippen molar-refractivity contribution in [2.45, 2.75) is 6.42 Å². The van der Waals surface area contributed by atoms with Gasteiger partial charge in [-0.3, -0.25) is 19.3 Å². The second kappa shape index (κ2) is 8.49. The van der Waals surface area contributed by atoms with Gasteiger partial charge in [0.05, 0.1) is 4.91 Å². The van der Waals surface area contributed by atoms with Gasteiger partial charge in [0.25, 0.3) is 11.1 Å². The average molecular weight is 366 g/mol. The zero-order valence-electron chi connectivity index (χ0n) is 14.1. The number of nitrogens with one attached hydrogen (secondary N) is 1. The van der Waals surface area contributed by atoms with E-state index >= 15 is 0 Å². The molecule has 1 N–H and O–H groups in total. The molecule has 1 heterocycles. The third-order valence-corrected chi connectivity index (χ3v) is 4.76. The van der Waals surface area contributed by atoms with Crippen molar-refractivity contribution in [2.24, 2.45) is 0 Å². The third kappa shape index (κ3) is 4.61. The molecule has 5 nitrogen and oxygen atoms in total. The summed E-state index contributed by atoms with van der Waals surface area (Å²) in [5.74, 6) is -0.772. The van der Waals surface area contributed by atoms with E-state index in [4.69, 9.17) is 0 Å². The molecule has 26 heavy (non-hydrogen) atoms. The highest BCUT2D eigenvalue weighted by Gasteiger charge is 2.36. The lowest BCUT2D eigenvalue weighted by atomic mass is 10.1. The molecule has 1 fully saturated rings. The maximum Gasteiger partial charge on any atom is 0.294 e. The maximum atomic E-state index is 12.4. The first-order chi connectivity index (χ1) is 12.6. The van der Waals surface area contributed by atoms with Gasteiger partial charge in [-0.15, -0.1) is 0 Å². The zero-order valence-corrected chi connectivity index (χ0v) is 14.9. The third-order valence-electron chi connectivity index (χ3n) is 3.85. The summed E-state index contributed by atoms with van der Waals surface area (Å²) in [6.07, 6.45) is 2.36. The van der Waals surface area contributed by atoms with E-state index in [1.165, 1.54) is 0 Å². The van der Waals surface area contributed by atoms with E-state index in [0.29, 0.717) is 17.9 Å². The van der Waals surface area contributed by atoms with Crippen LogP contribution in [-0.4, -0.2) is 35.0 Å². The van der Waals surface area contributed by atoms with Crippen LogP contribution in [0.1, 0.15) is 11.1 Å². The fourth-order valence-electron chi connectivity index (χ4n) is 2.53. The second-order valence-electron chi connectivity index (χ2n) is 5.76. The van der Waals surface area contributed by atoms with Crippen LogP contribution < -0.4 is 5.32 Å². The van der Waals surface area contributed by atoms with Crippen molar-refractivity contribution in [1.82, 2.24) is 10.2 Å². The molecule has 0 spiro atoms. The van der Waals surface area contributed by atoms with E-state index in [9.17, 15) is 14.4 Å². The minimum Gasteiger partial charge on any atom is -0.354 e. The molecule has 3 amide bonds. The highest BCUT2D eigenvalue weighted by molar-refractivity contribution is 8.18. The maximum absolute atomic E-state index is 12.4. The number of rotatable bonds is 6. The number of hydrogen-bond acceptors (Lipinski definition) is 4. The van der Waals surface area contributed by atoms with Crippen LogP contribution >= 0.6 is 11.8 Å². The van der Waals surface area contributed by atoms with Crippen molar-refractivity contribution in [1.29, 1.82) is 0 Å². The lowest BCUT2D eigenvalue weighted by Gasteiger charge is -2.12. The van der Waals surface area contributed by atoms with Crippen molar-refractivity contribution < 1.29 is 14.4 Å². The highest BCUT2D eigenvalue weighted by atomic mass is 32.2. The largest absolute Gasteiger partial charge is 0.354 e. The van der Waals surface area contributed by atoms with Crippen LogP contribution in [0.4, 0.5) is 4.79 Å². The van der Waals surface area contributed by atoms with Crippen molar-refractivity contribution in [2.75, 3.05) is 13.1 Å². The summed E-state index contributed by atoms with van der Waals surface area (Å²) in [6, 6.07) is 19.1. The quantitative estimate of drug-likeness (QED) is 0.798. The Labute approximate surface area is 156 Å². The van der Waals surface area contributed by atoms with E-state index < -0.39 is 11.1 Å². The molecule has 0 aromatic heterocycles. The SMILES string of the molecule is O=C(CN1C(=O)S/C(=C\c2ccccc2)C1=O)NCCc1ccccc1. The number of amides is 3. The van der Waals surface area contributed by atoms with E-state index in [1.807, 2.05) is 60.7 Å². The molecule has 3 rings (SSSR count). The smallest absolute Gasteiger partial charge is 0.294 e. The van der Waals surface area contributed by atoms with Crippen molar-refractivity contribution >= 4 is 34.9 Å². The molecule has 1 saturated heterocycles. The Kier molecular flexibility index (Phi) is 5.86. The number of carbonyl (C=O) groups is 3. The van der Waals surface area contributed by atoms with Crippen LogP contribution in [-0.2, 0) is 16.0 Å². The minimum atomic E-state index is -0.429. The molecule has 6 heteroatoms. The Morgan fingerprint density at radius 3 is 2.35 bits per heavy atom. The van der Waals surface area contributed by atoms with Crippen molar-refractivity contribution in [3.05, 3.63) is 76.7 Å². The van der Waals surface area contributed by atoms with Gasteiger partial charge in [-0.2, -0.15) is 0 Å². The van der Waals surface area contributed by atoms with Gasteiger partial charge in [0.15, 0.2) is 0 Å². The van der Waals surface area contributed by atoms with Gasteiger partial charge in [0, 0.05) is 6.54 Å². The van der Waals surface area contributed by atoms with Crippen molar-refractivity contribution in [3.8, 4) is 0 Å². The van der Waals surface area contributed by atoms with Crippen LogP contribution in [0.5, 0.6) is 0 Å². The Hall–Kier alpha value is -2.86. The fraction of sp³-hybridized carbons (Fsp3) is 0.150. The van der Waals surface area contributed by atoms with Crippen molar-refractivity contribution in [3.63, 3.8) is 0 Å². The highest BCUT2D eigenvalue weighted by Crippen LogP contribution is 2.31. The number of imide groups is 1. The predicted octanol–water partition coefficient (Wildman–Crippen LogP) is 3.08. The summed E-state index contributed by atoms with van der Waals surface area (Å²) in [5.41, 5.74) is 1.95. The first kappa shape index (κ1) is 17.9. The number of carbonyl (C=O) groups excluding carboxylic acids is 3. The molecular formula is C20H18N2O3S. The summed E-state index contributed by atoms with van der Waals surface area (Å²) in [5, 5.41) is 2.33. The normalized spacial score (nSPS) is 15.5. The monoisotopic (exact) mass is 366 g/mol.